The maximum Gasteiger partial charge on any atom is 0.326 e. The fraction of sp³-hybridized carbons (Fsp3) is 0.769. The summed E-state index contributed by atoms with van der Waals surface area (Å²) in [6.07, 6.45) is 1.31. The average Bonchev–Trinajstić information content (AvgIpc) is 3.33. The number of amides is 4. The average molecular weight is 540 g/mol. The van der Waals surface area contributed by atoms with Crippen molar-refractivity contribution in [2.75, 3.05) is 6.54 Å². The van der Waals surface area contributed by atoms with E-state index in [9.17, 15) is 33.9 Å². The summed E-state index contributed by atoms with van der Waals surface area (Å²) in [5.41, 5.74) is 5.99. The zero-order valence-corrected chi connectivity index (χ0v) is 23.6. The molecule has 0 saturated carbocycles. The van der Waals surface area contributed by atoms with Gasteiger partial charge in [-0.15, -0.1) is 0 Å². The molecule has 0 aromatic heterocycles. The highest BCUT2D eigenvalue weighted by molar-refractivity contribution is 6.38. The first-order valence-electron chi connectivity index (χ1n) is 13.4. The summed E-state index contributed by atoms with van der Waals surface area (Å²) >= 11 is 0. The Kier molecular flexibility index (Phi) is 12.9. The molecule has 5 atom stereocenters. The van der Waals surface area contributed by atoms with Crippen LogP contribution in [0.5, 0.6) is 0 Å². The van der Waals surface area contributed by atoms with E-state index in [0.29, 0.717) is 19.4 Å². The number of carboxylic acid groups (broad SMARTS) is 1. The van der Waals surface area contributed by atoms with Crippen molar-refractivity contribution in [3.8, 4) is 0 Å². The van der Waals surface area contributed by atoms with Gasteiger partial charge >= 0.3 is 5.97 Å². The molecule has 0 aliphatic carbocycles. The normalized spacial score (nSPS) is 18.6. The summed E-state index contributed by atoms with van der Waals surface area (Å²) < 4.78 is 0. The fourth-order valence-electron chi connectivity index (χ4n) is 4.26. The SMILES string of the molecule is CC[C@H](NC(=O)[C@@H]1CCCN1C(=O)[C@@H](N)C(C)C)C(=O)C(=O)N[C@H](CC(C)C)C(=O)N[C@H](C(=O)O)C(C)C. The van der Waals surface area contributed by atoms with Crippen molar-refractivity contribution in [2.24, 2.45) is 23.5 Å². The summed E-state index contributed by atoms with van der Waals surface area (Å²) in [4.78, 5) is 77.3. The van der Waals surface area contributed by atoms with E-state index in [4.69, 9.17) is 5.73 Å². The highest BCUT2D eigenvalue weighted by atomic mass is 16.4. The van der Waals surface area contributed by atoms with E-state index in [0.717, 1.165) is 0 Å². The van der Waals surface area contributed by atoms with Gasteiger partial charge < -0.3 is 31.7 Å². The van der Waals surface area contributed by atoms with Crippen molar-refractivity contribution in [2.45, 2.75) is 104 Å². The standard InChI is InChI=1S/C26H45N5O7/c1-8-16(28-23(34)18-10-9-11-31(18)25(36)19(27)14(4)5)21(32)24(35)29-17(12-13(2)3)22(33)30-20(15(6)7)26(37)38/h13-20H,8-12,27H2,1-7H3,(H,28,34)(H,29,35)(H,30,33)(H,37,38)/t16-,17+,18-,19-,20-/m0/s1. The van der Waals surface area contributed by atoms with Crippen molar-refractivity contribution in [1.82, 2.24) is 20.9 Å². The molecule has 38 heavy (non-hydrogen) atoms. The van der Waals surface area contributed by atoms with Gasteiger partial charge in [0.15, 0.2) is 0 Å². The summed E-state index contributed by atoms with van der Waals surface area (Å²) in [7, 11) is 0. The molecule has 6 N–H and O–H groups in total. The summed E-state index contributed by atoms with van der Waals surface area (Å²) in [5.74, 6) is -5.34. The molecule has 216 valence electrons. The number of carbonyl (C=O) groups is 6. The number of ketones is 1. The van der Waals surface area contributed by atoms with E-state index in [-0.39, 0.29) is 30.6 Å². The van der Waals surface area contributed by atoms with Gasteiger partial charge in [0.25, 0.3) is 5.91 Å². The zero-order valence-electron chi connectivity index (χ0n) is 23.6. The maximum absolute atomic E-state index is 13.0. The lowest BCUT2D eigenvalue weighted by Gasteiger charge is -2.29. The van der Waals surface area contributed by atoms with E-state index in [1.165, 1.54) is 4.90 Å². The number of nitrogens with two attached hydrogens (primary N) is 1. The number of carboxylic acids is 1. The van der Waals surface area contributed by atoms with Gasteiger partial charge in [0.2, 0.25) is 23.5 Å². The maximum atomic E-state index is 13.0. The van der Waals surface area contributed by atoms with Crippen molar-refractivity contribution < 1.29 is 33.9 Å². The van der Waals surface area contributed by atoms with Crippen molar-refractivity contribution in [3.63, 3.8) is 0 Å². The van der Waals surface area contributed by atoms with Gasteiger partial charge in [-0.2, -0.15) is 0 Å². The quantitative estimate of drug-likeness (QED) is 0.193. The first-order chi connectivity index (χ1) is 17.6. The number of aliphatic carboxylic acids is 1. The molecule has 0 radical (unpaired) electrons. The third-order valence-electron chi connectivity index (χ3n) is 6.67. The molecule has 1 fully saturated rings. The second-order valence-corrected chi connectivity index (χ2v) is 11.0. The van der Waals surface area contributed by atoms with Crippen LogP contribution in [0.1, 0.15) is 74.1 Å². The minimum absolute atomic E-state index is 0.0479. The zero-order chi connectivity index (χ0) is 29.3. The summed E-state index contributed by atoms with van der Waals surface area (Å²) in [5, 5.41) is 16.8. The Morgan fingerprint density at radius 1 is 0.921 bits per heavy atom. The van der Waals surface area contributed by atoms with Gasteiger partial charge in [-0.1, -0.05) is 48.5 Å². The predicted octanol–water partition coefficient (Wildman–Crippen LogP) is 0.181. The summed E-state index contributed by atoms with van der Waals surface area (Å²) in [6.45, 7) is 12.6. The van der Waals surface area contributed by atoms with Gasteiger partial charge in [0.05, 0.1) is 12.1 Å². The second-order valence-electron chi connectivity index (χ2n) is 11.0. The van der Waals surface area contributed by atoms with Crippen LogP contribution in [0.2, 0.25) is 0 Å². The van der Waals surface area contributed by atoms with E-state index < -0.39 is 65.6 Å². The molecule has 0 aromatic carbocycles. The molecule has 12 heteroatoms. The number of hydrogen-bond donors (Lipinski definition) is 5. The molecule has 1 heterocycles. The van der Waals surface area contributed by atoms with Gasteiger partial charge in [-0.05, 0) is 43.4 Å². The Morgan fingerprint density at radius 3 is 2.00 bits per heavy atom. The van der Waals surface area contributed by atoms with Gasteiger partial charge in [0, 0.05) is 6.54 Å². The predicted molar refractivity (Wildman–Crippen MR) is 141 cm³/mol. The molecule has 0 spiro atoms. The molecule has 12 nitrogen and oxygen atoms in total. The highest BCUT2D eigenvalue weighted by Crippen LogP contribution is 2.20. The number of hydrogen-bond acceptors (Lipinski definition) is 7. The molecular weight excluding hydrogens is 494 g/mol. The number of Topliss-reactive ketones (excluding diaryl/α,β-unsaturated/α-hetero) is 1. The number of rotatable bonds is 14. The summed E-state index contributed by atoms with van der Waals surface area (Å²) in [6, 6.07) is -5.00. The smallest absolute Gasteiger partial charge is 0.326 e. The molecule has 4 amide bonds. The number of nitrogens with zero attached hydrogens (tertiary/aromatic N) is 1. The minimum Gasteiger partial charge on any atom is -0.480 e. The number of carbonyl (C=O) groups excluding carboxylic acids is 5. The Hall–Kier alpha value is -3.02. The third-order valence-corrected chi connectivity index (χ3v) is 6.67. The van der Waals surface area contributed by atoms with Crippen LogP contribution < -0.4 is 21.7 Å². The van der Waals surface area contributed by atoms with E-state index in [1.807, 2.05) is 27.7 Å². The minimum atomic E-state index is -1.21. The van der Waals surface area contributed by atoms with Crippen LogP contribution in [-0.4, -0.2) is 82.1 Å². The highest BCUT2D eigenvalue weighted by Gasteiger charge is 2.39. The van der Waals surface area contributed by atoms with Crippen molar-refractivity contribution >= 4 is 35.4 Å². The first-order valence-corrected chi connectivity index (χ1v) is 13.4. The van der Waals surface area contributed by atoms with E-state index in [1.54, 1.807) is 20.8 Å². The van der Waals surface area contributed by atoms with Crippen LogP contribution in [0.4, 0.5) is 0 Å². The topological polar surface area (TPSA) is 188 Å². The van der Waals surface area contributed by atoms with Gasteiger partial charge in [-0.3, -0.25) is 24.0 Å². The van der Waals surface area contributed by atoms with Crippen LogP contribution in [0.15, 0.2) is 0 Å². The Labute approximate surface area is 224 Å². The van der Waals surface area contributed by atoms with Crippen LogP contribution >= 0.6 is 0 Å². The Bertz CT molecular complexity index is 889. The molecule has 1 rings (SSSR count). The van der Waals surface area contributed by atoms with Crippen molar-refractivity contribution in [1.29, 1.82) is 0 Å². The third kappa shape index (κ3) is 9.07. The molecule has 1 aliphatic rings. The van der Waals surface area contributed by atoms with Gasteiger partial charge in [0.1, 0.15) is 18.1 Å². The van der Waals surface area contributed by atoms with Crippen LogP contribution in [0, 0.1) is 17.8 Å². The number of likely N-dealkylation sites (tertiary alicyclic amines) is 1. The lowest BCUT2D eigenvalue weighted by molar-refractivity contribution is -0.145. The van der Waals surface area contributed by atoms with Crippen LogP contribution in [0.25, 0.3) is 0 Å². The van der Waals surface area contributed by atoms with Crippen LogP contribution in [0.3, 0.4) is 0 Å². The largest absolute Gasteiger partial charge is 0.480 e. The van der Waals surface area contributed by atoms with E-state index in [2.05, 4.69) is 16.0 Å². The monoisotopic (exact) mass is 539 g/mol. The van der Waals surface area contributed by atoms with Gasteiger partial charge in [-0.25, -0.2) is 4.79 Å². The molecule has 0 bridgehead atoms. The van der Waals surface area contributed by atoms with Crippen molar-refractivity contribution in [3.05, 3.63) is 0 Å². The molecule has 0 unspecified atom stereocenters. The molecular formula is C26H45N5O7. The Balaban J connectivity index is 2.95. The van der Waals surface area contributed by atoms with E-state index >= 15 is 0 Å². The molecule has 0 aromatic rings. The molecule has 1 saturated heterocycles. The molecule has 1 aliphatic heterocycles. The lowest BCUT2D eigenvalue weighted by Crippen LogP contribution is -2.58. The first kappa shape index (κ1) is 33.0. The van der Waals surface area contributed by atoms with Crippen LogP contribution in [-0.2, 0) is 28.8 Å². The fourth-order valence-corrected chi connectivity index (χ4v) is 4.26. The Morgan fingerprint density at radius 2 is 1.53 bits per heavy atom. The number of nitrogens with one attached hydrogen (secondary N) is 3. The lowest BCUT2D eigenvalue weighted by atomic mass is 10.00. The second kappa shape index (κ2) is 14.8.